The van der Waals surface area contributed by atoms with Crippen LogP contribution < -0.4 is 0 Å². The minimum atomic E-state index is -0.887. The first kappa shape index (κ1) is 10.9. The third-order valence-electron chi connectivity index (χ3n) is 2.54. The van der Waals surface area contributed by atoms with E-state index in [1.807, 2.05) is 0 Å². The monoisotopic (exact) mass is 244 g/mol. The van der Waals surface area contributed by atoms with Crippen molar-refractivity contribution in [3.05, 3.63) is 33.8 Å². The standard InChI is InChI=1S/C11H10Cl2O2/c12-8-4-3-7(5-9(8)13)11(15)10(14)6-1-2-6/h3-6,10,14H,1-2H2. The normalized spacial score (nSPS) is 17.5. The fraction of sp³-hybridized carbons (Fsp3) is 0.364. The van der Waals surface area contributed by atoms with Crippen molar-refractivity contribution >= 4 is 29.0 Å². The number of carbonyl (C=O) groups is 1. The largest absolute Gasteiger partial charge is 0.385 e. The van der Waals surface area contributed by atoms with Crippen LogP contribution in [0.2, 0.25) is 10.0 Å². The van der Waals surface area contributed by atoms with Crippen LogP contribution in [0, 0.1) is 5.92 Å². The van der Waals surface area contributed by atoms with Gasteiger partial charge in [0.1, 0.15) is 6.10 Å². The molecule has 0 radical (unpaired) electrons. The van der Waals surface area contributed by atoms with Crippen LogP contribution in [-0.2, 0) is 0 Å². The molecule has 1 aliphatic carbocycles. The number of halogens is 2. The van der Waals surface area contributed by atoms with Gasteiger partial charge in [0.2, 0.25) is 0 Å². The van der Waals surface area contributed by atoms with E-state index in [0.29, 0.717) is 15.6 Å². The zero-order chi connectivity index (χ0) is 11.0. The molecule has 0 saturated heterocycles. The van der Waals surface area contributed by atoms with E-state index in [-0.39, 0.29) is 11.7 Å². The summed E-state index contributed by atoms with van der Waals surface area (Å²) in [6, 6.07) is 4.65. The van der Waals surface area contributed by atoms with Gasteiger partial charge in [0.25, 0.3) is 0 Å². The molecule has 0 aliphatic heterocycles. The number of hydrogen-bond donors (Lipinski definition) is 1. The van der Waals surface area contributed by atoms with E-state index in [0.717, 1.165) is 12.8 Å². The van der Waals surface area contributed by atoms with Crippen molar-refractivity contribution in [2.45, 2.75) is 18.9 Å². The highest BCUT2D eigenvalue weighted by molar-refractivity contribution is 6.42. The Morgan fingerprint density at radius 3 is 2.53 bits per heavy atom. The Hall–Kier alpha value is -0.570. The van der Waals surface area contributed by atoms with Crippen molar-refractivity contribution in [1.82, 2.24) is 0 Å². The van der Waals surface area contributed by atoms with Gasteiger partial charge in [0.15, 0.2) is 5.78 Å². The van der Waals surface area contributed by atoms with Crippen LogP contribution in [-0.4, -0.2) is 17.0 Å². The third-order valence-corrected chi connectivity index (χ3v) is 3.28. The lowest BCUT2D eigenvalue weighted by Crippen LogP contribution is -2.22. The third kappa shape index (κ3) is 2.33. The highest BCUT2D eigenvalue weighted by Crippen LogP contribution is 2.34. The van der Waals surface area contributed by atoms with Crippen LogP contribution in [0.1, 0.15) is 23.2 Å². The molecule has 1 N–H and O–H groups in total. The van der Waals surface area contributed by atoms with E-state index in [1.54, 1.807) is 12.1 Å². The number of ketones is 1. The first-order chi connectivity index (χ1) is 7.09. The van der Waals surface area contributed by atoms with Crippen molar-refractivity contribution in [2.24, 2.45) is 5.92 Å². The quantitative estimate of drug-likeness (QED) is 0.831. The smallest absolute Gasteiger partial charge is 0.191 e. The molecular formula is C11H10Cl2O2. The number of aliphatic hydroxyl groups excluding tert-OH is 1. The van der Waals surface area contributed by atoms with Gasteiger partial charge in [-0.25, -0.2) is 0 Å². The van der Waals surface area contributed by atoms with Crippen LogP contribution in [0.5, 0.6) is 0 Å². The molecule has 0 amide bonds. The summed E-state index contributed by atoms with van der Waals surface area (Å²) in [5.74, 6) is -0.136. The maximum atomic E-state index is 11.7. The number of aliphatic hydroxyl groups is 1. The summed E-state index contributed by atoms with van der Waals surface area (Å²) in [5, 5.41) is 10.4. The zero-order valence-electron chi connectivity index (χ0n) is 7.91. The summed E-state index contributed by atoms with van der Waals surface area (Å²) < 4.78 is 0. The Morgan fingerprint density at radius 2 is 2.00 bits per heavy atom. The first-order valence-electron chi connectivity index (χ1n) is 4.77. The Kier molecular flexibility index (Phi) is 3.01. The molecule has 1 saturated carbocycles. The summed E-state index contributed by atoms with van der Waals surface area (Å²) in [6.45, 7) is 0. The van der Waals surface area contributed by atoms with E-state index in [9.17, 15) is 9.90 Å². The molecule has 0 heterocycles. The van der Waals surface area contributed by atoms with Crippen molar-refractivity contribution < 1.29 is 9.90 Å². The van der Waals surface area contributed by atoms with Crippen LogP contribution in [0.15, 0.2) is 18.2 Å². The Labute approximate surface area is 97.8 Å². The maximum absolute atomic E-state index is 11.7. The molecule has 1 aliphatic rings. The summed E-state index contributed by atoms with van der Waals surface area (Å²) in [5.41, 5.74) is 0.420. The van der Waals surface area contributed by atoms with Gasteiger partial charge in [0.05, 0.1) is 10.0 Å². The second-order valence-corrected chi connectivity index (χ2v) is 4.59. The van der Waals surface area contributed by atoms with Crippen molar-refractivity contribution in [1.29, 1.82) is 0 Å². The lowest BCUT2D eigenvalue weighted by atomic mass is 10.0. The van der Waals surface area contributed by atoms with E-state index in [1.165, 1.54) is 6.07 Å². The van der Waals surface area contributed by atoms with Gasteiger partial charge in [-0.1, -0.05) is 23.2 Å². The second kappa shape index (κ2) is 4.12. The predicted octanol–water partition coefficient (Wildman–Crippen LogP) is 2.95. The fourth-order valence-corrected chi connectivity index (χ4v) is 1.74. The Morgan fingerprint density at radius 1 is 1.33 bits per heavy atom. The average Bonchev–Trinajstić information content (AvgIpc) is 3.03. The van der Waals surface area contributed by atoms with Crippen LogP contribution >= 0.6 is 23.2 Å². The number of rotatable bonds is 3. The molecule has 2 nitrogen and oxygen atoms in total. The fourth-order valence-electron chi connectivity index (χ4n) is 1.45. The molecule has 2 rings (SSSR count). The molecular weight excluding hydrogens is 235 g/mol. The molecule has 4 heteroatoms. The molecule has 1 aromatic rings. The summed E-state index contributed by atoms with van der Waals surface area (Å²) in [6.07, 6.45) is 0.963. The summed E-state index contributed by atoms with van der Waals surface area (Å²) in [7, 11) is 0. The number of carbonyl (C=O) groups excluding carboxylic acids is 1. The lowest BCUT2D eigenvalue weighted by Gasteiger charge is -2.08. The molecule has 80 valence electrons. The number of benzene rings is 1. The molecule has 0 aromatic heterocycles. The summed E-state index contributed by atoms with van der Waals surface area (Å²) >= 11 is 11.5. The molecule has 1 atom stereocenters. The molecule has 1 fully saturated rings. The van der Waals surface area contributed by atoms with Gasteiger partial charge in [0, 0.05) is 5.56 Å². The molecule has 15 heavy (non-hydrogen) atoms. The van der Waals surface area contributed by atoms with Gasteiger partial charge in [-0.2, -0.15) is 0 Å². The van der Waals surface area contributed by atoms with Crippen LogP contribution in [0.25, 0.3) is 0 Å². The minimum Gasteiger partial charge on any atom is -0.385 e. The molecule has 0 spiro atoms. The van der Waals surface area contributed by atoms with Crippen LogP contribution in [0.3, 0.4) is 0 Å². The lowest BCUT2D eigenvalue weighted by molar-refractivity contribution is 0.0704. The van der Waals surface area contributed by atoms with E-state index >= 15 is 0 Å². The minimum absolute atomic E-state index is 0.131. The van der Waals surface area contributed by atoms with E-state index in [2.05, 4.69) is 0 Å². The average molecular weight is 245 g/mol. The molecule has 1 aromatic carbocycles. The topological polar surface area (TPSA) is 37.3 Å². The Balaban J connectivity index is 2.21. The van der Waals surface area contributed by atoms with Gasteiger partial charge in [-0.3, -0.25) is 4.79 Å². The summed E-state index contributed by atoms with van der Waals surface area (Å²) in [4.78, 5) is 11.7. The highest BCUT2D eigenvalue weighted by atomic mass is 35.5. The number of Topliss-reactive ketones (excluding diaryl/α,β-unsaturated/α-hetero) is 1. The first-order valence-corrected chi connectivity index (χ1v) is 5.52. The maximum Gasteiger partial charge on any atom is 0.191 e. The SMILES string of the molecule is O=C(c1ccc(Cl)c(Cl)c1)C(O)C1CC1. The molecule has 1 unspecified atom stereocenters. The predicted molar refractivity (Wildman–Crippen MR) is 59.5 cm³/mol. The van der Waals surface area contributed by atoms with Crippen LogP contribution in [0.4, 0.5) is 0 Å². The van der Waals surface area contributed by atoms with Crippen molar-refractivity contribution in [2.75, 3.05) is 0 Å². The van der Waals surface area contributed by atoms with Gasteiger partial charge >= 0.3 is 0 Å². The molecule has 0 bridgehead atoms. The zero-order valence-corrected chi connectivity index (χ0v) is 9.42. The van der Waals surface area contributed by atoms with Gasteiger partial charge in [-0.05, 0) is 37.0 Å². The van der Waals surface area contributed by atoms with Gasteiger partial charge < -0.3 is 5.11 Å². The van der Waals surface area contributed by atoms with E-state index < -0.39 is 6.10 Å². The highest BCUT2D eigenvalue weighted by Gasteiger charge is 2.34. The second-order valence-electron chi connectivity index (χ2n) is 3.78. The Bertz CT molecular complexity index is 400. The van der Waals surface area contributed by atoms with Gasteiger partial charge in [-0.15, -0.1) is 0 Å². The van der Waals surface area contributed by atoms with Crippen molar-refractivity contribution in [3.8, 4) is 0 Å². The van der Waals surface area contributed by atoms with E-state index in [4.69, 9.17) is 23.2 Å². The number of hydrogen-bond acceptors (Lipinski definition) is 2. The van der Waals surface area contributed by atoms with Crippen molar-refractivity contribution in [3.63, 3.8) is 0 Å².